The van der Waals surface area contributed by atoms with Crippen LogP contribution in [-0.2, 0) is 22.7 Å². The summed E-state index contributed by atoms with van der Waals surface area (Å²) in [4.78, 5) is 28.6. The number of aryl methyl sites for hydroxylation is 1. The molecule has 0 saturated heterocycles. The predicted octanol–water partition coefficient (Wildman–Crippen LogP) is 2.76. The highest BCUT2D eigenvalue weighted by atomic mass is 16.5. The Hall–Kier alpha value is -3.25. The maximum Gasteiger partial charge on any atom is 0.274 e. The highest BCUT2D eigenvalue weighted by Crippen LogP contribution is 2.06. The number of aromatic nitrogens is 2. The van der Waals surface area contributed by atoms with Gasteiger partial charge in [0.05, 0.1) is 13.2 Å². The Labute approximate surface area is 157 Å². The molecule has 6 heteroatoms. The van der Waals surface area contributed by atoms with Crippen LogP contribution >= 0.6 is 0 Å². The fraction of sp³-hybridized carbons (Fsp3) is 0.190. The van der Waals surface area contributed by atoms with Crippen molar-refractivity contribution in [2.75, 3.05) is 11.9 Å². The lowest BCUT2D eigenvalue weighted by Gasteiger charge is -2.10. The molecule has 0 fully saturated rings. The topological polar surface area (TPSA) is 73.2 Å². The average Bonchev–Trinajstić information content (AvgIpc) is 2.67. The summed E-state index contributed by atoms with van der Waals surface area (Å²) in [5.41, 5.74) is 3.05. The summed E-state index contributed by atoms with van der Waals surface area (Å²) < 4.78 is 6.94. The van der Waals surface area contributed by atoms with Gasteiger partial charge in [0.1, 0.15) is 12.3 Å². The van der Waals surface area contributed by atoms with Crippen molar-refractivity contribution < 1.29 is 9.53 Å². The van der Waals surface area contributed by atoms with E-state index in [1.165, 1.54) is 5.56 Å². The minimum Gasteiger partial charge on any atom is -0.367 e. The predicted molar refractivity (Wildman–Crippen MR) is 104 cm³/mol. The number of amides is 1. The van der Waals surface area contributed by atoms with Gasteiger partial charge in [0.2, 0.25) is 0 Å². The molecule has 138 valence electrons. The van der Waals surface area contributed by atoms with E-state index in [4.69, 9.17) is 4.74 Å². The third kappa shape index (κ3) is 5.36. The molecule has 2 aromatic heterocycles. The van der Waals surface area contributed by atoms with E-state index in [9.17, 15) is 9.59 Å². The van der Waals surface area contributed by atoms with Crippen LogP contribution < -0.4 is 10.9 Å². The van der Waals surface area contributed by atoms with E-state index >= 15 is 0 Å². The van der Waals surface area contributed by atoms with Crippen molar-refractivity contribution in [2.45, 2.75) is 20.1 Å². The van der Waals surface area contributed by atoms with Crippen LogP contribution in [0.4, 0.5) is 5.69 Å². The van der Waals surface area contributed by atoms with E-state index < -0.39 is 0 Å². The molecule has 0 atom stereocenters. The third-order valence-corrected chi connectivity index (χ3v) is 3.99. The van der Waals surface area contributed by atoms with Gasteiger partial charge in [0, 0.05) is 18.6 Å². The lowest BCUT2D eigenvalue weighted by molar-refractivity contribution is -0.121. The molecule has 0 unspecified atom stereocenters. The van der Waals surface area contributed by atoms with Crippen LogP contribution in [0.15, 0.2) is 71.9 Å². The molecule has 1 amide bonds. The van der Waals surface area contributed by atoms with Gasteiger partial charge in [-0.15, -0.1) is 0 Å². The molecule has 3 rings (SSSR count). The van der Waals surface area contributed by atoms with Crippen LogP contribution in [0.3, 0.4) is 0 Å². The highest BCUT2D eigenvalue weighted by molar-refractivity contribution is 5.91. The standard InChI is InChI=1S/C21H21N3O3/c1-16-6-8-17(9-7-16)13-24-11-3-5-19(21(24)26)23-20(25)15-27-14-18-4-2-10-22-12-18/h2-12H,13-15H2,1H3,(H,23,25). The Morgan fingerprint density at radius 1 is 1.11 bits per heavy atom. The number of carbonyl (C=O) groups is 1. The monoisotopic (exact) mass is 363 g/mol. The molecule has 0 spiro atoms. The largest absolute Gasteiger partial charge is 0.367 e. The number of nitrogens with one attached hydrogen (secondary N) is 1. The van der Waals surface area contributed by atoms with Crippen LogP contribution in [0.2, 0.25) is 0 Å². The Morgan fingerprint density at radius 3 is 2.67 bits per heavy atom. The number of benzene rings is 1. The molecule has 0 radical (unpaired) electrons. The lowest BCUT2D eigenvalue weighted by atomic mass is 10.1. The number of hydrogen-bond acceptors (Lipinski definition) is 4. The second kappa shape index (κ2) is 8.91. The zero-order chi connectivity index (χ0) is 19.1. The van der Waals surface area contributed by atoms with Crippen molar-refractivity contribution in [2.24, 2.45) is 0 Å². The molecule has 0 aliphatic heterocycles. The van der Waals surface area contributed by atoms with Crippen LogP contribution in [0.25, 0.3) is 0 Å². The van der Waals surface area contributed by atoms with Crippen LogP contribution in [0, 0.1) is 6.92 Å². The highest BCUT2D eigenvalue weighted by Gasteiger charge is 2.08. The maximum atomic E-state index is 12.6. The molecule has 27 heavy (non-hydrogen) atoms. The summed E-state index contributed by atoms with van der Waals surface area (Å²) in [6, 6.07) is 15.0. The van der Waals surface area contributed by atoms with E-state index in [1.807, 2.05) is 37.3 Å². The van der Waals surface area contributed by atoms with Gasteiger partial charge in [-0.2, -0.15) is 0 Å². The van der Waals surface area contributed by atoms with E-state index in [1.54, 1.807) is 41.4 Å². The van der Waals surface area contributed by atoms with Crippen LogP contribution in [0.1, 0.15) is 16.7 Å². The molecular formula is C21H21N3O3. The number of anilines is 1. The number of nitrogens with zero attached hydrogens (tertiary/aromatic N) is 2. The summed E-state index contributed by atoms with van der Waals surface area (Å²) in [7, 11) is 0. The minimum absolute atomic E-state index is 0.138. The van der Waals surface area contributed by atoms with Gasteiger partial charge in [0.15, 0.2) is 0 Å². The summed E-state index contributed by atoms with van der Waals surface area (Å²) in [5, 5.41) is 2.62. The molecule has 0 aliphatic rings. The van der Waals surface area contributed by atoms with Crippen LogP contribution in [-0.4, -0.2) is 22.1 Å². The summed E-state index contributed by atoms with van der Waals surface area (Å²) in [6.07, 6.45) is 5.06. The fourth-order valence-electron chi connectivity index (χ4n) is 2.58. The van der Waals surface area contributed by atoms with Gasteiger partial charge in [-0.3, -0.25) is 14.6 Å². The molecule has 2 heterocycles. The van der Waals surface area contributed by atoms with E-state index in [0.717, 1.165) is 11.1 Å². The van der Waals surface area contributed by atoms with Gasteiger partial charge >= 0.3 is 0 Å². The normalized spacial score (nSPS) is 10.6. The molecule has 0 saturated carbocycles. The fourth-order valence-corrected chi connectivity index (χ4v) is 2.58. The van der Waals surface area contributed by atoms with Gasteiger partial charge < -0.3 is 14.6 Å². The zero-order valence-corrected chi connectivity index (χ0v) is 15.1. The molecule has 0 aliphatic carbocycles. The van der Waals surface area contributed by atoms with Gasteiger partial charge in [-0.05, 0) is 36.2 Å². The Kier molecular flexibility index (Phi) is 6.12. The van der Waals surface area contributed by atoms with E-state index in [2.05, 4.69) is 10.3 Å². The summed E-state index contributed by atoms with van der Waals surface area (Å²) in [5.74, 6) is -0.371. The zero-order valence-electron chi connectivity index (χ0n) is 15.1. The summed E-state index contributed by atoms with van der Waals surface area (Å²) >= 11 is 0. The number of ether oxygens (including phenoxy) is 1. The second-order valence-corrected chi connectivity index (χ2v) is 6.24. The Bertz CT molecular complexity index is 950. The van der Waals surface area contributed by atoms with Crippen molar-refractivity contribution in [3.05, 3.63) is 94.2 Å². The smallest absolute Gasteiger partial charge is 0.274 e. The van der Waals surface area contributed by atoms with Gasteiger partial charge in [-0.25, -0.2) is 0 Å². The first-order valence-electron chi connectivity index (χ1n) is 8.63. The number of rotatable bonds is 7. The second-order valence-electron chi connectivity index (χ2n) is 6.24. The third-order valence-electron chi connectivity index (χ3n) is 3.99. The maximum absolute atomic E-state index is 12.6. The van der Waals surface area contributed by atoms with E-state index in [0.29, 0.717) is 6.54 Å². The van der Waals surface area contributed by atoms with Crippen molar-refractivity contribution in [1.29, 1.82) is 0 Å². The average molecular weight is 363 g/mol. The number of pyridine rings is 2. The first-order valence-corrected chi connectivity index (χ1v) is 8.63. The number of carbonyl (C=O) groups excluding carboxylic acids is 1. The summed E-state index contributed by atoms with van der Waals surface area (Å²) in [6.45, 7) is 2.61. The molecule has 0 bridgehead atoms. The Morgan fingerprint density at radius 2 is 1.93 bits per heavy atom. The van der Waals surface area contributed by atoms with Gasteiger partial charge in [0.25, 0.3) is 11.5 Å². The van der Waals surface area contributed by atoms with Crippen molar-refractivity contribution in [3.63, 3.8) is 0 Å². The first kappa shape index (κ1) is 18.5. The molecular weight excluding hydrogens is 342 g/mol. The van der Waals surface area contributed by atoms with Crippen molar-refractivity contribution >= 4 is 11.6 Å². The lowest BCUT2D eigenvalue weighted by Crippen LogP contribution is -2.27. The van der Waals surface area contributed by atoms with Crippen LogP contribution in [0.5, 0.6) is 0 Å². The van der Waals surface area contributed by atoms with Crippen molar-refractivity contribution in [1.82, 2.24) is 9.55 Å². The van der Waals surface area contributed by atoms with Gasteiger partial charge in [-0.1, -0.05) is 35.9 Å². The van der Waals surface area contributed by atoms with Crippen molar-refractivity contribution in [3.8, 4) is 0 Å². The molecule has 1 N–H and O–H groups in total. The molecule has 3 aromatic rings. The van der Waals surface area contributed by atoms with E-state index in [-0.39, 0.29) is 30.4 Å². The SMILES string of the molecule is Cc1ccc(Cn2cccc(NC(=O)COCc3cccnc3)c2=O)cc1. The molecule has 1 aromatic carbocycles. The first-order chi connectivity index (χ1) is 13.1. The minimum atomic E-state index is -0.371. The number of hydrogen-bond donors (Lipinski definition) is 1. The quantitative estimate of drug-likeness (QED) is 0.701. The molecule has 6 nitrogen and oxygen atoms in total. The Balaban J connectivity index is 1.59.